The number of fused-ring (bicyclic) bond motifs is 1. The summed E-state index contributed by atoms with van der Waals surface area (Å²) in [5.41, 5.74) is 0.846. The van der Waals surface area contributed by atoms with E-state index in [9.17, 15) is 8.42 Å². The van der Waals surface area contributed by atoms with Gasteiger partial charge in [-0.05, 0) is 29.3 Å². The largest absolute Gasteiger partial charge is 0.229 e. The molecule has 2 atom stereocenters. The van der Waals surface area contributed by atoms with Crippen molar-refractivity contribution in [1.82, 2.24) is 0 Å². The Balaban J connectivity index is 2.61. The van der Waals surface area contributed by atoms with Gasteiger partial charge in [0, 0.05) is 10.7 Å². The molecule has 0 bridgehead atoms. The molecule has 2 nitrogen and oxygen atoms in total. The molecule has 0 spiro atoms. The third kappa shape index (κ3) is 2.96. The molecule has 2 aromatic rings. The van der Waals surface area contributed by atoms with Crippen LogP contribution in [0.25, 0.3) is 10.8 Å². The number of rotatable bonds is 3. The first-order valence-corrected chi connectivity index (χ1v) is 9.01. The molecular weight excluding hydrogens is 348 g/mol. The van der Waals surface area contributed by atoms with Gasteiger partial charge < -0.3 is 0 Å². The summed E-state index contributed by atoms with van der Waals surface area (Å²) in [5, 5.41) is 0.825. The molecule has 0 saturated heterocycles. The van der Waals surface area contributed by atoms with E-state index in [0.29, 0.717) is 0 Å². The lowest BCUT2D eigenvalue weighted by atomic mass is 10.0. The predicted molar refractivity (Wildman–Crippen MR) is 84.5 cm³/mol. The van der Waals surface area contributed by atoms with E-state index in [2.05, 4.69) is 15.9 Å². The van der Waals surface area contributed by atoms with E-state index in [1.165, 1.54) is 6.26 Å². The van der Waals surface area contributed by atoms with E-state index < -0.39 is 20.5 Å². The molecule has 0 aliphatic heterocycles. The number of hydrogen-bond acceptors (Lipinski definition) is 2. The minimum atomic E-state index is -3.17. The number of benzene rings is 2. The molecule has 0 heterocycles. The maximum Gasteiger partial charge on any atom is 0.151 e. The Morgan fingerprint density at radius 2 is 1.68 bits per heavy atom. The van der Waals surface area contributed by atoms with Gasteiger partial charge in [-0.2, -0.15) is 0 Å². The Bertz CT molecular complexity index is 712. The van der Waals surface area contributed by atoms with Gasteiger partial charge in [-0.15, -0.1) is 11.6 Å². The van der Waals surface area contributed by atoms with Gasteiger partial charge in [0.1, 0.15) is 0 Å². The summed E-state index contributed by atoms with van der Waals surface area (Å²) in [7, 11) is -3.17. The summed E-state index contributed by atoms with van der Waals surface area (Å²) in [6, 6.07) is 11.6. The van der Waals surface area contributed by atoms with Crippen LogP contribution in [0.3, 0.4) is 0 Å². The Labute approximate surface area is 126 Å². The van der Waals surface area contributed by atoms with E-state index >= 15 is 0 Å². The number of halogens is 2. The SMILES string of the molecule is CC(C(Cl)c1ccc(Br)c2ccccc12)S(C)(=O)=O. The molecule has 5 heteroatoms. The van der Waals surface area contributed by atoms with Gasteiger partial charge in [0.2, 0.25) is 0 Å². The van der Waals surface area contributed by atoms with E-state index in [-0.39, 0.29) is 0 Å². The smallest absolute Gasteiger partial charge is 0.151 e. The Morgan fingerprint density at radius 1 is 1.11 bits per heavy atom. The summed E-state index contributed by atoms with van der Waals surface area (Å²) in [5.74, 6) is 0. The van der Waals surface area contributed by atoms with Crippen molar-refractivity contribution in [3.8, 4) is 0 Å². The predicted octanol–water partition coefficient (Wildman–Crippen LogP) is 4.32. The van der Waals surface area contributed by atoms with Crippen LogP contribution in [0.2, 0.25) is 0 Å². The Morgan fingerprint density at radius 3 is 2.26 bits per heavy atom. The molecule has 0 fully saturated rings. The second kappa shape index (κ2) is 5.43. The van der Waals surface area contributed by atoms with Crippen molar-refractivity contribution in [2.24, 2.45) is 0 Å². The van der Waals surface area contributed by atoms with Crippen molar-refractivity contribution in [3.05, 3.63) is 46.4 Å². The molecule has 0 aliphatic carbocycles. The number of sulfone groups is 1. The first-order chi connectivity index (χ1) is 8.82. The van der Waals surface area contributed by atoms with E-state index in [1.807, 2.05) is 36.4 Å². The van der Waals surface area contributed by atoms with Gasteiger partial charge in [0.15, 0.2) is 9.84 Å². The van der Waals surface area contributed by atoms with Crippen LogP contribution in [-0.4, -0.2) is 19.9 Å². The minimum absolute atomic E-state index is 0.562. The molecule has 0 aliphatic rings. The van der Waals surface area contributed by atoms with Crippen LogP contribution < -0.4 is 0 Å². The minimum Gasteiger partial charge on any atom is -0.229 e. The molecule has 102 valence electrons. The van der Waals surface area contributed by atoms with Crippen molar-refractivity contribution in [2.45, 2.75) is 17.6 Å². The fourth-order valence-corrected chi connectivity index (χ4v) is 3.81. The number of alkyl halides is 1. The van der Waals surface area contributed by atoms with E-state index in [0.717, 1.165) is 20.8 Å². The highest BCUT2D eigenvalue weighted by Crippen LogP contribution is 2.36. The quantitative estimate of drug-likeness (QED) is 0.763. The lowest BCUT2D eigenvalue weighted by Gasteiger charge is -2.19. The fraction of sp³-hybridized carbons (Fsp3) is 0.286. The molecule has 0 radical (unpaired) electrons. The molecule has 2 rings (SSSR count). The summed E-state index contributed by atoms with van der Waals surface area (Å²) in [6.07, 6.45) is 1.22. The van der Waals surface area contributed by atoms with Gasteiger partial charge in [0.25, 0.3) is 0 Å². The highest BCUT2D eigenvalue weighted by Gasteiger charge is 2.26. The zero-order valence-electron chi connectivity index (χ0n) is 10.6. The highest BCUT2D eigenvalue weighted by molar-refractivity contribution is 9.10. The zero-order chi connectivity index (χ0) is 14.2. The normalized spacial score (nSPS) is 15.4. The third-order valence-electron chi connectivity index (χ3n) is 3.29. The van der Waals surface area contributed by atoms with Crippen LogP contribution in [0.4, 0.5) is 0 Å². The zero-order valence-corrected chi connectivity index (χ0v) is 13.8. The standard InChI is InChI=1S/C14H14BrClO2S/c1-9(19(2,17)18)14(16)12-7-8-13(15)11-6-4-3-5-10(11)12/h3-9,14H,1-2H3. The molecular formula is C14H14BrClO2S. The summed E-state index contributed by atoms with van der Waals surface area (Å²) in [6.45, 7) is 1.64. The second-order valence-corrected chi connectivity index (χ2v) is 8.35. The van der Waals surface area contributed by atoms with E-state index in [4.69, 9.17) is 11.6 Å². The highest BCUT2D eigenvalue weighted by atomic mass is 79.9. The number of hydrogen-bond donors (Lipinski definition) is 0. The average molecular weight is 362 g/mol. The maximum atomic E-state index is 11.7. The summed E-state index contributed by atoms with van der Waals surface area (Å²) >= 11 is 9.87. The topological polar surface area (TPSA) is 34.1 Å². The van der Waals surface area contributed by atoms with Crippen molar-refractivity contribution in [3.63, 3.8) is 0 Å². The molecule has 0 N–H and O–H groups in total. The van der Waals surface area contributed by atoms with Gasteiger partial charge in [-0.3, -0.25) is 0 Å². The van der Waals surface area contributed by atoms with Gasteiger partial charge in [0.05, 0.1) is 10.6 Å². The van der Waals surface area contributed by atoms with Crippen LogP contribution in [-0.2, 0) is 9.84 Å². The molecule has 0 aromatic heterocycles. The monoisotopic (exact) mass is 360 g/mol. The fourth-order valence-electron chi connectivity index (χ4n) is 2.00. The van der Waals surface area contributed by atoms with Crippen LogP contribution in [0.5, 0.6) is 0 Å². The van der Waals surface area contributed by atoms with E-state index in [1.54, 1.807) is 6.92 Å². The molecule has 0 amide bonds. The molecule has 2 unspecified atom stereocenters. The van der Waals surface area contributed by atoms with Crippen LogP contribution >= 0.6 is 27.5 Å². The second-order valence-electron chi connectivity index (χ2n) is 4.62. The summed E-state index contributed by atoms with van der Waals surface area (Å²) in [4.78, 5) is 0. The molecule has 19 heavy (non-hydrogen) atoms. The molecule has 2 aromatic carbocycles. The van der Waals surface area contributed by atoms with Crippen LogP contribution in [0.15, 0.2) is 40.9 Å². The first-order valence-electron chi connectivity index (χ1n) is 5.82. The van der Waals surface area contributed by atoms with Crippen LogP contribution in [0, 0.1) is 0 Å². The van der Waals surface area contributed by atoms with Gasteiger partial charge in [-0.25, -0.2) is 8.42 Å². The van der Waals surface area contributed by atoms with Crippen molar-refractivity contribution < 1.29 is 8.42 Å². The molecule has 0 saturated carbocycles. The van der Waals surface area contributed by atoms with Crippen molar-refractivity contribution in [2.75, 3.05) is 6.26 Å². The summed E-state index contributed by atoms with van der Waals surface area (Å²) < 4.78 is 24.3. The average Bonchev–Trinajstić information content (AvgIpc) is 2.37. The lowest BCUT2D eigenvalue weighted by molar-refractivity contribution is 0.587. The van der Waals surface area contributed by atoms with Crippen LogP contribution in [0.1, 0.15) is 17.9 Å². The lowest BCUT2D eigenvalue weighted by Crippen LogP contribution is -2.21. The Hall–Kier alpha value is -0.580. The van der Waals surface area contributed by atoms with Gasteiger partial charge in [-0.1, -0.05) is 46.3 Å². The maximum absolute atomic E-state index is 11.7. The Kier molecular flexibility index (Phi) is 4.23. The van der Waals surface area contributed by atoms with Crippen molar-refractivity contribution in [1.29, 1.82) is 0 Å². The van der Waals surface area contributed by atoms with Crippen molar-refractivity contribution >= 4 is 48.1 Å². The first kappa shape index (κ1) is 14.8. The third-order valence-corrected chi connectivity index (χ3v) is 6.37. The van der Waals surface area contributed by atoms with Gasteiger partial charge >= 0.3 is 0 Å².